The van der Waals surface area contributed by atoms with Crippen LogP contribution in [0.1, 0.15) is 25.0 Å². The van der Waals surface area contributed by atoms with E-state index in [1.165, 1.54) is 19.3 Å². The highest BCUT2D eigenvalue weighted by Gasteiger charge is 2.66. The Labute approximate surface area is 113 Å². The van der Waals surface area contributed by atoms with E-state index in [1.807, 2.05) is 6.07 Å². The molecule has 4 heteroatoms. The molecule has 1 aromatic heterocycles. The van der Waals surface area contributed by atoms with Crippen LogP contribution >= 0.6 is 0 Å². The van der Waals surface area contributed by atoms with E-state index < -0.39 is 0 Å². The first kappa shape index (κ1) is 11.6. The van der Waals surface area contributed by atoms with Crippen molar-refractivity contribution in [1.82, 2.24) is 9.97 Å². The molecule has 19 heavy (non-hydrogen) atoms. The molecule has 4 nitrogen and oxygen atoms in total. The van der Waals surface area contributed by atoms with E-state index in [4.69, 9.17) is 10.5 Å². The van der Waals surface area contributed by atoms with E-state index in [0.29, 0.717) is 5.88 Å². The van der Waals surface area contributed by atoms with E-state index in [1.54, 1.807) is 13.4 Å². The van der Waals surface area contributed by atoms with Gasteiger partial charge in [0.15, 0.2) is 0 Å². The Bertz CT molecular complexity index is 476. The number of ether oxygens (including phenoxy) is 1. The molecule has 0 amide bonds. The van der Waals surface area contributed by atoms with Crippen LogP contribution in [0.15, 0.2) is 12.4 Å². The zero-order valence-electron chi connectivity index (χ0n) is 11.3. The van der Waals surface area contributed by atoms with E-state index in [-0.39, 0.29) is 6.04 Å². The van der Waals surface area contributed by atoms with Gasteiger partial charge in [0.05, 0.1) is 7.11 Å². The van der Waals surface area contributed by atoms with Crippen LogP contribution in [0.25, 0.3) is 0 Å². The summed E-state index contributed by atoms with van der Waals surface area (Å²) in [5, 5.41) is 0. The largest absolute Gasteiger partial charge is 0.481 e. The zero-order valence-corrected chi connectivity index (χ0v) is 11.3. The molecule has 0 saturated heterocycles. The molecule has 2 N–H and O–H groups in total. The Kier molecular flexibility index (Phi) is 2.56. The first-order chi connectivity index (χ1) is 9.28. The molecule has 0 aliphatic heterocycles. The quantitative estimate of drug-likeness (QED) is 0.893. The monoisotopic (exact) mass is 259 g/mol. The van der Waals surface area contributed by atoms with Gasteiger partial charge < -0.3 is 10.5 Å². The van der Waals surface area contributed by atoms with Gasteiger partial charge in [-0.1, -0.05) is 0 Å². The standard InChI is InChI=1S/C15H21N3O/c1-19-12-6-10(17-7-18-12)5-11(16)15-13-8-2-3-9(4-8)14(13)15/h6-9,11,13-15H,2-5,16H2,1H3. The van der Waals surface area contributed by atoms with Gasteiger partial charge in [0.2, 0.25) is 5.88 Å². The van der Waals surface area contributed by atoms with E-state index in [2.05, 4.69) is 9.97 Å². The average Bonchev–Trinajstić information content (AvgIpc) is 2.88. The lowest BCUT2D eigenvalue weighted by molar-refractivity contribution is 0.392. The number of hydrogen-bond acceptors (Lipinski definition) is 4. The molecular formula is C15H21N3O. The molecule has 0 spiro atoms. The van der Waals surface area contributed by atoms with Crippen LogP contribution in [-0.4, -0.2) is 23.1 Å². The summed E-state index contributed by atoms with van der Waals surface area (Å²) in [5.74, 6) is 5.26. The first-order valence-corrected chi connectivity index (χ1v) is 7.38. The van der Waals surface area contributed by atoms with Crippen molar-refractivity contribution < 1.29 is 4.74 Å². The van der Waals surface area contributed by atoms with Crippen LogP contribution in [0.4, 0.5) is 0 Å². The van der Waals surface area contributed by atoms with Gasteiger partial charge in [-0.15, -0.1) is 0 Å². The fourth-order valence-electron chi connectivity index (χ4n) is 4.94. The van der Waals surface area contributed by atoms with Gasteiger partial charge in [-0.2, -0.15) is 0 Å². The smallest absolute Gasteiger partial charge is 0.216 e. The molecule has 1 aromatic rings. The van der Waals surface area contributed by atoms with Crippen LogP contribution in [-0.2, 0) is 6.42 Å². The minimum Gasteiger partial charge on any atom is -0.481 e. The van der Waals surface area contributed by atoms with Gasteiger partial charge in [0.25, 0.3) is 0 Å². The van der Waals surface area contributed by atoms with Crippen molar-refractivity contribution in [1.29, 1.82) is 0 Å². The van der Waals surface area contributed by atoms with Gasteiger partial charge in [-0.05, 0) is 48.9 Å². The molecule has 3 saturated carbocycles. The molecule has 0 radical (unpaired) electrons. The lowest BCUT2D eigenvalue weighted by Crippen LogP contribution is -2.29. The highest BCUT2D eigenvalue weighted by atomic mass is 16.5. The van der Waals surface area contributed by atoms with Crippen molar-refractivity contribution in [2.75, 3.05) is 7.11 Å². The third kappa shape index (κ3) is 1.76. The lowest BCUT2D eigenvalue weighted by Gasteiger charge is -2.15. The highest BCUT2D eigenvalue weighted by molar-refractivity contribution is 5.19. The van der Waals surface area contributed by atoms with Crippen molar-refractivity contribution in [3.05, 3.63) is 18.1 Å². The minimum atomic E-state index is 0.262. The Hall–Kier alpha value is -1.16. The Morgan fingerprint density at radius 1 is 1.32 bits per heavy atom. The normalized spacial score (nSPS) is 40.0. The zero-order chi connectivity index (χ0) is 13.0. The van der Waals surface area contributed by atoms with E-state index in [9.17, 15) is 0 Å². The summed E-state index contributed by atoms with van der Waals surface area (Å²) in [6, 6.07) is 2.17. The SMILES string of the molecule is COc1cc(CC(N)C2C3C4CCC(C4)C23)ncn1. The fourth-order valence-corrected chi connectivity index (χ4v) is 4.94. The fraction of sp³-hybridized carbons (Fsp3) is 0.733. The van der Waals surface area contributed by atoms with Crippen molar-refractivity contribution in [3.63, 3.8) is 0 Å². The molecule has 5 unspecified atom stereocenters. The summed E-state index contributed by atoms with van der Waals surface area (Å²) in [6.45, 7) is 0. The maximum absolute atomic E-state index is 6.44. The number of nitrogens with two attached hydrogens (primary N) is 1. The average molecular weight is 259 g/mol. The lowest BCUT2D eigenvalue weighted by atomic mass is 9.95. The number of nitrogens with zero attached hydrogens (tertiary/aromatic N) is 2. The van der Waals surface area contributed by atoms with Gasteiger partial charge in [0.1, 0.15) is 6.33 Å². The van der Waals surface area contributed by atoms with Crippen molar-refractivity contribution in [2.45, 2.75) is 31.7 Å². The number of methoxy groups -OCH3 is 1. The van der Waals surface area contributed by atoms with E-state index >= 15 is 0 Å². The second-order valence-electron chi connectivity index (χ2n) is 6.48. The molecule has 3 aliphatic carbocycles. The van der Waals surface area contributed by atoms with Gasteiger partial charge in [-0.25, -0.2) is 9.97 Å². The van der Waals surface area contributed by atoms with Crippen molar-refractivity contribution >= 4 is 0 Å². The Balaban J connectivity index is 1.43. The first-order valence-electron chi connectivity index (χ1n) is 7.38. The molecule has 102 valence electrons. The predicted octanol–water partition coefficient (Wildman–Crippen LogP) is 1.65. The maximum Gasteiger partial charge on any atom is 0.216 e. The van der Waals surface area contributed by atoms with Crippen LogP contribution < -0.4 is 10.5 Å². The van der Waals surface area contributed by atoms with Gasteiger partial charge in [-0.3, -0.25) is 0 Å². The van der Waals surface area contributed by atoms with Crippen LogP contribution in [0.2, 0.25) is 0 Å². The molecule has 4 rings (SSSR count). The van der Waals surface area contributed by atoms with Gasteiger partial charge in [0, 0.05) is 24.2 Å². The van der Waals surface area contributed by atoms with Crippen molar-refractivity contribution in [2.24, 2.45) is 35.3 Å². The predicted molar refractivity (Wildman–Crippen MR) is 71.6 cm³/mol. The summed E-state index contributed by atoms with van der Waals surface area (Å²) in [4.78, 5) is 8.36. The summed E-state index contributed by atoms with van der Waals surface area (Å²) in [5.41, 5.74) is 7.45. The summed E-state index contributed by atoms with van der Waals surface area (Å²) >= 11 is 0. The van der Waals surface area contributed by atoms with Crippen LogP contribution in [0.5, 0.6) is 5.88 Å². The molecule has 5 atom stereocenters. The molecule has 2 bridgehead atoms. The summed E-state index contributed by atoms with van der Waals surface area (Å²) < 4.78 is 5.14. The Morgan fingerprint density at radius 3 is 2.74 bits per heavy atom. The van der Waals surface area contributed by atoms with Crippen LogP contribution in [0, 0.1) is 29.6 Å². The highest BCUT2D eigenvalue weighted by Crippen LogP contribution is 2.70. The third-order valence-electron chi connectivity index (χ3n) is 5.64. The second kappa shape index (κ2) is 4.17. The second-order valence-corrected chi connectivity index (χ2v) is 6.48. The van der Waals surface area contributed by atoms with Crippen molar-refractivity contribution in [3.8, 4) is 5.88 Å². The number of hydrogen-bond donors (Lipinski definition) is 1. The number of fused-ring (bicyclic) bond motifs is 5. The topological polar surface area (TPSA) is 61.0 Å². The van der Waals surface area contributed by atoms with Crippen LogP contribution in [0.3, 0.4) is 0 Å². The molecule has 0 aromatic carbocycles. The molecular weight excluding hydrogens is 238 g/mol. The van der Waals surface area contributed by atoms with Gasteiger partial charge >= 0.3 is 0 Å². The number of aromatic nitrogens is 2. The molecule has 3 aliphatic rings. The minimum absolute atomic E-state index is 0.262. The van der Waals surface area contributed by atoms with E-state index in [0.717, 1.165) is 41.7 Å². The summed E-state index contributed by atoms with van der Waals surface area (Å²) in [6.07, 6.45) is 6.82. The third-order valence-corrected chi connectivity index (χ3v) is 5.64. The Morgan fingerprint density at radius 2 is 2.05 bits per heavy atom. The maximum atomic E-state index is 6.44. The molecule has 1 heterocycles. The number of rotatable bonds is 4. The molecule has 3 fully saturated rings. The summed E-state index contributed by atoms with van der Waals surface area (Å²) in [7, 11) is 1.63.